The molecule has 0 aliphatic rings. The molecule has 0 saturated carbocycles. The fourth-order valence-electron chi connectivity index (χ4n) is 2.18. The first-order chi connectivity index (χ1) is 8.54. The van der Waals surface area contributed by atoms with Gasteiger partial charge in [0.25, 0.3) is 0 Å². The number of hydrogen-bond donors (Lipinski definition) is 1. The zero-order valence-electron chi connectivity index (χ0n) is 11.4. The van der Waals surface area contributed by atoms with E-state index >= 15 is 0 Å². The van der Waals surface area contributed by atoms with E-state index in [1.807, 2.05) is 13.8 Å². The van der Waals surface area contributed by atoms with Crippen molar-refractivity contribution in [3.8, 4) is 5.75 Å². The summed E-state index contributed by atoms with van der Waals surface area (Å²) in [5, 5.41) is 10.4. The number of methoxy groups -OCH3 is 2. The average Bonchev–Trinajstić information content (AvgIpc) is 2.41. The summed E-state index contributed by atoms with van der Waals surface area (Å²) in [5.74, 6) is -0.0513. The van der Waals surface area contributed by atoms with Gasteiger partial charge in [0, 0.05) is 18.7 Å². The quantitative estimate of drug-likeness (QED) is 0.850. The van der Waals surface area contributed by atoms with Gasteiger partial charge < -0.3 is 14.6 Å². The third-order valence-electron chi connectivity index (χ3n) is 3.60. The first-order valence-electron chi connectivity index (χ1n) is 6.11. The van der Waals surface area contributed by atoms with Crippen molar-refractivity contribution in [2.24, 2.45) is 0 Å². The summed E-state index contributed by atoms with van der Waals surface area (Å²) < 4.78 is 24.3. The number of aliphatic hydroxyl groups excluding tert-OH is 1. The molecule has 0 fully saturated rings. The molecule has 0 bridgehead atoms. The number of aliphatic hydroxyl groups is 1. The lowest BCUT2D eigenvalue weighted by Gasteiger charge is -2.35. The molecule has 0 aliphatic carbocycles. The first kappa shape index (κ1) is 14.9. The van der Waals surface area contributed by atoms with Gasteiger partial charge in [-0.3, -0.25) is 0 Å². The highest BCUT2D eigenvalue weighted by Gasteiger charge is 2.37. The van der Waals surface area contributed by atoms with E-state index in [0.29, 0.717) is 18.6 Å². The summed E-state index contributed by atoms with van der Waals surface area (Å²) in [6, 6.07) is 4.44. The molecule has 1 atom stereocenters. The Labute approximate surface area is 108 Å². The predicted octanol–water partition coefficient (Wildman–Crippen LogP) is 3.07. The molecule has 1 unspecified atom stereocenters. The molecular formula is C14H21FO3. The molecule has 3 nitrogen and oxygen atoms in total. The molecule has 4 heteroatoms. The third-order valence-corrected chi connectivity index (χ3v) is 3.60. The lowest BCUT2D eigenvalue weighted by atomic mass is 9.86. The SMILES string of the molecule is CCC(CC)(OC)C(O)c1ccc(OC)cc1F. The van der Waals surface area contributed by atoms with Gasteiger partial charge in [0.1, 0.15) is 17.7 Å². The second kappa shape index (κ2) is 6.16. The van der Waals surface area contributed by atoms with Crippen LogP contribution in [0.4, 0.5) is 4.39 Å². The summed E-state index contributed by atoms with van der Waals surface area (Å²) in [6.07, 6.45) is 0.211. The Morgan fingerprint density at radius 1 is 1.28 bits per heavy atom. The smallest absolute Gasteiger partial charge is 0.132 e. The number of rotatable bonds is 6. The standard InChI is InChI=1S/C14H21FO3/c1-5-14(6-2,18-4)13(16)11-8-7-10(17-3)9-12(11)15/h7-9,13,16H,5-6H2,1-4H3. The van der Waals surface area contributed by atoms with Gasteiger partial charge in [-0.2, -0.15) is 0 Å². The van der Waals surface area contributed by atoms with Crippen molar-refractivity contribution in [1.29, 1.82) is 0 Å². The Balaban J connectivity index is 3.13. The van der Waals surface area contributed by atoms with Gasteiger partial charge in [0.05, 0.1) is 12.7 Å². The van der Waals surface area contributed by atoms with Crippen LogP contribution in [-0.2, 0) is 4.74 Å². The minimum absolute atomic E-state index is 0.237. The second-order valence-electron chi connectivity index (χ2n) is 4.27. The van der Waals surface area contributed by atoms with Crippen LogP contribution in [0.5, 0.6) is 5.75 Å². The van der Waals surface area contributed by atoms with E-state index in [-0.39, 0.29) is 5.56 Å². The van der Waals surface area contributed by atoms with E-state index in [4.69, 9.17) is 9.47 Å². The van der Waals surface area contributed by atoms with E-state index in [1.165, 1.54) is 26.4 Å². The average molecular weight is 256 g/mol. The summed E-state index contributed by atoms with van der Waals surface area (Å²) in [7, 11) is 3.01. The lowest BCUT2D eigenvalue weighted by molar-refractivity contribution is -0.111. The Hall–Kier alpha value is -1.13. The monoisotopic (exact) mass is 256 g/mol. The lowest BCUT2D eigenvalue weighted by Crippen LogP contribution is -2.37. The van der Waals surface area contributed by atoms with Crippen LogP contribution in [0.15, 0.2) is 18.2 Å². The topological polar surface area (TPSA) is 38.7 Å². The second-order valence-corrected chi connectivity index (χ2v) is 4.27. The number of benzene rings is 1. The van der Waals surface area contributed by atoms with E-state index < -0.39 is 17.5 Å². The molecule has 0 amide bonds. The predicted molar refractivity (Wildman–Crippen MR) is 68.2 cm³/mol. The van der Waals surface area contributed by atoms with Crippen LogP contribution in [0, 0.1) is 5.82 Å². The summed E-state index contributed by atoms with van der Waals surface area (Å²) in [4.78, 5) is 0. The summed E-state index contributed by atoms with van der Waals surface area (Å²) >= 11 is 0. The van der Waals surface area contributed by atoms with E-state index in [1.54, 1.807) is 6.07 Å². The van der Waals surface area contributed by atoms with Crippen LogP contribution in [0.25, 0.3) is 0 Å². The van der Waals surface area contributed by atoms with Gasteiger partial charge in [-0.1, -0.05) is 13.8 Å². The molecule has 1 rings (SSSR count). The molecule has 0 saturated heterocycles. The molecule has 0 aliphatic heterocycles. The van der Waals surface area contributed by atoms with Crippen molar-refractivity contribution in [3.63, 3.8) is 0 Å². The van der Waals surface area contributed by atoms with Crippen molar-refractivity contribution in [1.82, 2.24) is 0 Å². The minimum atomic E-state index is -0.997. The molecule has 102 valence electrons. The third kappa shape index (κ3) is 2.65. The maximum absolute atomic E-state index is 13.9. The molecule has 0 spiro atoms. The Morgan fingerprint density at radius 2 is 1.89 bits per heavy atom. The number of ether oxygens (including phenoxy) is 2. The zero-order chi connectivity index (χ0) is 13.8. The van der Waals surface area contributed by atoms with Crippen molar-refractivity contribution in [2.75, 3.05) is 14.2 Å². The number of halogens is 1. The molecule has 0 aromatic heterocycles. The molecular weight excluding hydrogens is 235 g/mol. The summed E-state index contributed by atoms with van der Waals surface area (Å²) in [5.41, 5.74) is -0.517. The van der Waals surface area contributed by atoms with Crippen LogP contribution in [0.2, 0.25) is 0 Å². The largest absolute Gasteiger partial charge is 0.497 e. The Kier molecular flexibility index (Phi) is 5.11. The van der Waals surface area contributed by atoms with Crippen molar-refractivity contribution < 1.29 is 19.0 Å². The van der Waals surface area contributed by atoms with E-state index in [9.17, 15) is 9.50 Å². The normalized spacial score (nSPS) is 13.4. The fourth-order valence-corrected chi connectivity index (χ4v) is 2.18. The van der Waals surface area contributed by atoms with Gasteiger partial charge in [0.2, 0.25) is 0 Å². The molecule has 1 aromatic rings. The van der Waals surface area contributed by atoms with Crippen LogP contribution in [-0.4, -0.2) is 24.9 Å². The fraction of sp³-hybridized carbons (Fsp3) is 0.571. The van der Waals surface area contributed by atoms with Crippen LogP contribution in [0.3, 0.4) is 0 Å². The van der Waals surface area contributed by atoms with E-state index in [2.05, 4.69) is 0 Å². The van der Waals surface area contributed by atoms with Gasteiger partial charge in [-0.15, -0.1) is 0 Å². The van der Waals surface area contributed by atoms with E-state index in [0.717, 1.165) is 0 Å². The molecule has 0 radical (unpaired) electrons. The first-order valence-corrected chi connectivity index (χ1v) is 6.11. The minimum Gasteiger partial charge on any atom is -0.497 e. The van der Waals surface area contributed by atoms with Gasteiger partial charge in [-0.05, 0) is 25.0 Å². The van der Waals surface area contributed by atoms with Crippen LogP contribution >= 0.6 is 0 Å². The summed E-state index contributed by atoms with van der Waals surface area (Å²) in [6.45, 7) is 3.83. The van der Waals surface area contributed by atoms with Gasteiger partial charge in [-0.25, -0.2) is 4.39 Å². The highest BCUT2D eigenvalue weighted by Crippen LogP contribution is 2.36. The highest BCUT2D eigenvalue weighted by atomic mass is 19.1. The Bertz CT molecular complexity index is 380. The Morgan fingerprint density at radius 3 is 2.28 bits per heavy atom. The molecule has 18 heavy (non-hydrogen) atoms. The molecule has 1 N–H and O–H groups in total. The zero-order valence-corrected chi connectivity index (χ0v) is 11.4. The van der Waals surface area contributed by atoms with Crippen molar-refractivity contribution in [2.45, 2.75) is 38.4 Å². The molecule has 1 aromatic carbocycles. The van der Waals surface area contributed by atoms with Crippen molar-refractivity contribution >= 4 is 0 Å². The van der Waals surface area contributed by atoms with Crippen LogP contribution in [0.1, 0.15) is 38.4 Å². The van der Waals surface area contributed by atoms with Crippen molar-refractivity contribution in [3.05, 3.63) is 29.6 Å². The number of hydrogen-bond acceptors (Lipinski definition) is 3. The highest BCUT2D eigenvalue weighted by molar-refractivity contribution is 5.31. The van der Waals surface area contributed by atoms with Crippen LogP contribution < -0.4 is 4.74 Å². The van der Waals surface area contributed by atoms with Gasteiger partial charge >= 0.3 is 0 Å². The molecule has 0 heterocycles. The maximum atomic E-state index is 13.9. The van der Waals surface area contributed by atoms with Gasteiger partial charge in [0.15, 0.2) is 0 Å². The maximum Gasteiger partial charge on any atom is 0.132 e.